The molecule has 33 valence electrons. The van der Waals surface area contributed by atoms with Crippen molar-refractivity contribution in [3.05, 3.63) is 0 Å². The van der Waals surface area contributed by atoms with Gasteiger partial charge in [-0.05, 0) is 0 Å². The fourth-order valence-electron chi connectivity index (χ4n) is 0. The van der Waals surface area contributed by atoms with Gasteiger partial charge in [-0.3, -0.25) is 0 Å². The van der Waals surface area contributed by atoms with Crippen molar-refractivity contribution in [2.75, 3.05) is 0 Å². The smallest absolute Gasteiger partial charge is 0 e. The van der Waals surface area contributed by atoms with Crippen LogP contribution in [-0.2, 0) is 32.7 Å². The third-order valence-corrected chi connectivity index (χ3v) is 0. The van der Waals surface area contributed by atoms with E-state index in [1.54, 1.807) is 0 Å². The van der Waals surface area contributed by atoms with Crippen molar-refractivity contribution < 1.29 is 42.6 Å². The predicted molar refractivity (Wildman–Crippen MR) is 25.1 cm³/mol. The summed E-state index contributed by atoms with van der Waals surface area (Å²) in [5.41, 5.74) is 0. The third-order valence-electron chi connectivity index (χ3n) is 0. The molecule has 0 fully saturated rings. The van der Waals surface area contributed by atoms with Crippen LogP contribution in [0.5, 0.6) is 0 Å². The molecule has 1 N–H and O–H groups in total. The maximum Gasteiger partial charge on any atom is 0 e. The second-order valence-electron chi connectivity index (χ2n) is 0.305. The van der Waals surface area contributed by atoms with E-state index in [0.717, 1.165) is 16.9 Å². The van der Waals surface area contributed by atoms with Gasteiger partial charge in [0.1, 0.15) is 0 Å². The van der Waals surface area contributed by atoms with Gasteiger partial charge in [-0.25, -0.2) is 0 Å². The summed E-state index contributed by atoms with van der Waals surface area (Å²) in [6.07, 6.45) is 0. The van der Waals surface area contributed by atoms with Crippen LogP contribution in [0, 0.1) is 0 Å². The Labute approximate surface area is 80.8 Å². The van der Waals surface area contributed by atoms with Crippen molar-refractivity contribution in [2.45, 2.75) is 0 Å². The van der Waals surface area contributed by atoms with Crippen LogP contribution in [0.25, 0.3) is 0 Å². The van der Waals surface area contributed by atoms with Crippen LogP contribution in [0.2, 0.25) is 0 Å². The standard InChI is InChI=1S/CH2AsO2.GeH3.Y/c2-1(3)4;;/h2H,(H,3,4);1H3;. The largest absolute Gasteiger partial charge is 0 e. The normalized spacial score (nSPS) is 4.17. The fraction of sp³-hybridized carbons (Fsp3) is 0. The molecule has 0 atom stereocenters. The van der Waals surface area contributed by atoms with Crippen LogP contribution in [0.15, 0.2) is 0 Å². The molecule has 0 aromatic heterocycles. The van der Waals surface area contributed by atoms with Gasteiger partial charge in [0.05, 0.1) is 0 Å². The minimum atomic E-state index is -0.833. The van der Waals surface area contributed by atoms with Gasteiger partial charge >= 0.3 is 49.1 Å². The first kappa shape index (κ1) is 15.6. The minimum Gasteiger partial charge on any atom is 0 e. The van der Waals surface area contributed by atoms with Crippen LogP contribution in [-0.4, -0.2) is 44.3 Å². The van der Waals surface area contributed by atoms with E-state index >= 15 is 0 Å². The van der Waals surface area contributed by atoms with Crippen LogP contribution < -0.4 is 0 Å². The molecule has 0 aromatic carbocycles. The van der Waals surface area contributed by atoms with E-state index in [1.807, 2.05) is 0 Å². The first-order chi connectivity index (χ1) is 1.73. The summed E-state index contributed by atoms with van der Waals surface area (Å²) in [5.74, 6) is 0. The van der Waals surface area contributed by atoms with Crippen LogP contribution in [0.1, 0.15) is 0 Å². The Balaban J connectivity index is -0.0000000450. The number of hydrogen-bond donors (Lipinski definition) is 1. The topological polar surface area (TPSA) is 37.3 Å². The van der Waals surface area contributed by atoms with Crippen LogP contribution in [0.4, 0.5) is 4.79 Å². The fourth-order valence-corrected chi connectivity index (χ4v) is 0. The monoisotopic (exact) mass is 287 g/mol. The third kappa shape index (κ3) is 44.2. The summed E-state index contributed by atoms with van der Waals surface area (Å²) in [4.78, 5) is 9.00. The molecular weight excluding hydrogens is 280 g/mol. The molecule has 0 aliphatic carbocycles. The van der Waals surface area contributed by atoms with Crippen molar-refractivity contribution in [1.29, 1.82) is 0 Å². The molecule has 2 nitrogen and oxygen atoms in total. The molecule has 3 radical (unpaired) electrons. The van der Waals surface area contributed by atoms with E-state index in [9.17, 15) is 0 Å². The summed E-state index contributed by atoms with van der Waals surface area (Å²) in [6.45, 7) is 0. The molecular formula is CH5AsGeO2Y. The summed E-state index contributed by atoms with van der Waals surface area (Å²) < 4.78 is -0.833. The Kier molecular flexibility index (Phi) is 25.7. The minimum absolute atomic E-state index is 0. The Morgan fingerprint density at radius 3 is 1.67 bits per heavy atom. The molecule has 0 aliphatic heterocycles. The molecule has 0 saturated heterocycles. The van der Waals surface area contributed by atoms with Gasteiger partial charge < -0.3 is 0 Å². The van der Waals surface area contributed by atoms with Gasteiger partial charge in [0.15, 0.2) is 0 Å². The van der Waals surface area contributed by atoms with E-state index in [-0.39, 0.29) is 50.3 Å². The van der Waals surface area contributed by atoms with Gasteiger partial charge in [0, 0.05) is 32.7 Å². The molecule has 0 saturated carbocycles. The Morgan fingerprint density at radius 1 is 1.67 bits per heavy atom. The maximum atomic E-state index is 9.00. The van der Waals surface area contributed by atoms with Crippen molar-refractivity contribution in [1.82, 2.24) is 0 Å². The molecule has 5 heteroatoms. The average molecular weight is 285 g/mol. The van der Waals surface area contributed by atoms with Gasteiger partial charge in [0.2, 0.25) is 0 Å². The van der Waals surface area contributed by atoms with Crippen molar-refractivity contribution in [2.24, 2.45) is 0 Å². The SMILES string of the molecule is O=C(O)[AsH].[GeH3].[Y]. The number of hydrogen-bond acceptors (Lipinski definition) is 1. The number of carboxylic acid groups (broad SMARTS) is 1. The molecule has 0 spiro atoms. The van der Waals surface area contributed by atoms with Crippen molar-refractivity contribution >= 4 is 39.2 Å². The van der Waals surface area contributed by atoms with Crippen molar-refractivity contribution in [3.63, 3.8) is 0 Å². The summed E-state index contributed by atoms with van der Waals surface area (Å²) in [6, 6.07) is 0. The number of rotatable bonds is 0. The molecule has 0 amide bonds. The molecule has 0 aromatic rings. The predicted octanol–water partition coefficient (Wildman–Crippen LogP) is -1.62. The van der Waals surface area contributed by atoms with E-state index < -0.39 is 4.76 Å². The second kappa shape index (κ2) is 9.84. The molecule has 0 aliphatic rings. The van der Waals surface area contributed by atoms with E-state index in [0.29, 0.717) is 0 Å². The zero-order chi connectivity index (χ0) is 3.58. The Morgan fingerprint density at radius 2 is 1.67 bits per heavy atom. The maximum absolute atomic E-state index is 9.00. The van der Waals surface area contributed by atoms with Gasteiger partial charge in [-0.2, -0.15) is 0 Å². The first-order valence-electron chi connectivity index (χ1n) is 0.678. The average Bonchev–Trinajstić information content (AvgIpc) is 0.811. The zero-order valence-corrected chi connectivity index (χ0v) is 12.6. The zero-order valence-electron chi connectivity index (χ0n) is 3.43. The summed E-state index contributed by atoms with van der Waals surface area (Å²) >= 11 is 1.08. The molecule has 0 unspecified atom stereocenters. The van der Waals surface area contributed by atoms with Crippen LogP contribution in [0.3, 0.4) is 0 Å². The van der Waals surface area contributed by atoms with Crippen LogP contribution >= 0.6 is 0 Å². The second-order valence-corrected chi connectivity index (χ2v) is 1.20. The van der Waals surface area contributed by atoms with Gasteiger partial charge in [-0.1, -0.05) is 0 Å². The molecule has 0 bridgehead atoms. The van der Waals surface area contributed by atoms with E-state index in [1.165, 1.54) is 0 Å². The Bertz CT molecular complexity index is 36.5. The molecule has 0 rings (SSSR count). The van der Waals surface area contributed by atoms with Gasteiger partial charge in [-0.15, -0.1) is 0 Å². The molecule has 6 heavy (non-hydrogen) atoms. The number of carbonyl (C=O) groups is 1. The quantitative estimate of drug-likeness (QED) is 0.543. The molecule has 0 heterocycles. The van der Waals surface area contributed by atoms with E-state index in [4.69, 9.17) is 9.90 Å². The Hall–Kier alpha value is 1.68. The van der Waals surface area contributed by atoms with Gasteiger partial charge in [0.25, 0.3) is 0 Å². The summed E-state index contributed by atoms with van der Waals surface area (Å²) in [5, 5.41) is 7.42. The van der Waals surface area contributed by atoms with Crippen molar-refractivity contribution in [3.8, 4) is 0 Å². The summed E-state index contributed by atoms with van der Waals surface area (Å²) in [7, 11) is 0. The first-order valence-corrected chi connectivity index (χ1v) is 1.73. The van der Waals surface area contributed by atoms with E-state index in [2.05, 4.69) is 0 Å².